The van der Waals surface area contributed by atoms with E-state index in [2.05, 4.69) is 34.6 Å². The Labute approximate surface area is 237 Å². The third-order valence-corrected chi connectivity index (χ3v) is 7.46. The summed E-state index contributed by atoms with van der Waals surface area (Å²) in [6.07, 6.45) is 8.60. The van der Waals surface area contributed by atoms with Gasteiger partial charge in [-0.15, -0.1) is 0 Å². The molecule has 1 heterocycles. The van der Waals surface area contributed by atoms with Gasteiger partial charge in [0.05, 0.1) is 13.2 Å². The fourth-order valence-electron chi connectivity index (χ4n) is 5.17. The molecular weight excluding hydrogens is 500 g/mol. The highest BCUT2D eigenvalue weighted by molar-refractivity contribution is 5.68. The van der Waals surface area contributed by atoms with Crippen molar-refractivity contribution in [2.24, 2.45) is 23.7 Å². The van der Waals surface area contributed by atoms with Crippen LogP contribution in [0.25, 0.3) is 0 Å². The molecule has 0 aliphatic carbocycles. The summed E-state index contributed by atoms with van der Waals surface area (Å²) in [5, 5.41) is 0. The first-order chi connectivity index (χ1) is 18.4. The molecule has 3 unspecified atom stereocenters. The molecule has 0 saturated carbocycles. The van der Waals surface area contributed by atoms with Gasteiger partial charge in [0.25, 0.3) is 0 Å². The average molecular weight is 557 g/mol. The topological polar surface area (TPSA) is 97.4 Å². The molecule has 0 aromatic rings. The maximum atomic E-state index is 11.8. The fraction of sp³-hybridized carbons (Fsp3) is 0.903. The predicted molar refractivity (Wildman–Crippen MR) is 151 cm³/mol. The van der Waals surface area contributed by atoms with Gasteiger partial charge in [0.1, 0.15) is 0 Å². The Hall–Kier alpha value is -1.67. The molecule has 0 amide bonds. The molecule has 1 rings (SSSR count). The molecule has 39 heavy (non-hydrogen) atoms. The fourth-order valence-corrected chi connectivity index (χ4v) is 5.17. The molecular formula is C31H56O8. The molecule has 8 heteroatoms. The Morgan fingerprint density at radius 2 is 1.08 bits per heavy atom. The van der Waals surface area contributed by atoms with E-state index >= 15 is 0 Å². The van der Waals surface area contributed by atoms with E-state index in [0.717, 1.165) is 30.6 Å². The van der Waals surface area contributed by atoms with Crippen molar-refractivity contribution in [3.8, 4) is 0 Å². The highest BCUT2D eigenvalue weighted by atomic mass is 16.7. The van der Waals surface area contributed by atoms with Gasteiger partial charge in [-0.2, -0.15) is 0 Å². The van der Waals surface area contributed by atoms with Gasteiger partial charge in [0.15, 0.2) is 24.6 Å². The van der Waals surface area contributed by atoms with Gasteiger partial charge in [-0.3, -0.25) is 14.4 Å². The Kier molecular flexibility index (Phi) is 17.6. The molecule has 0 bridgehead atoms. The van der Waals surface area contributed by atoms with E-state index in [1.165, 1.54) is 72.1 Å². The van der Waals surface area contributed by atoms with E-state index in [-0.39, 0.29) is 6.61 Å². The lowest BCUT2D eigenvalue weighted by atomic mass is 9.91. The number of carbonyl (C=O) groups excluding carboxylic acids is 3. The quantitative estimate of drug-likeness (QED) is 0.129. The van der Waals surface area contributed by atoms with E-state index in [4.69, 9.17) is 23.7 Å². The minimum atomic E-state index is -1.03. The van der Waals surface area contributed by atoms with Crippen LogP contribution in [0.2, 0.25) is 0 Å². The molecule has 1 fully saturated rings. The molecule has 0 spiro atoms. The monoisotopic (exact) mass is 556 g/mol. The molecule has 0 aromatic carbocycles. The first-order valence-corrected chi connectivity index (χ1v) is 15.1. The van der Waals surface area contributed by atoms with Gasteiger partial charge in [-0.05, 0) is 30.1 Å². The van der Waals surface area contributed by atoms with Crippen LogP contribution in [0, 0.1) is 23.7 Å². The van der Waals surface area contributed by atoms with Crippen molar-refractivity contribution in [3.63, 3.8) is 0 Å². The van der Waals surface area contributed by atoms with Gasteiger partial charge < -0.3 is 23.7 Å². The molecule has 0 N–H and O–H groups in total. The largest absolute Gasteiger partial charge is 0.456 e. The van der Waals surface area contributed by atoms with Crippen molar-refractivity contribution in [3.05, 3.63) is 0 Å². The second kappa shape index (κ2) is 19.4. The highest BCUT2D eigenvalue weighted by Gasteiger charge is 2.47. The minimum Gasteiger partial charge on any atom is -0.456 e. The molecule has 228 valence electrons. The lowest BCUT2D eigenvalue weighted by Gasteiger charge is -2.40. The zero-order chi connectivity index (χ0) is 29.4. The first-order valence-electron chi connectivity index (χ1n) is 15.1. The van der Waals surface area contributed by atoms with Crippen molar-refractivity contribution in [2.45, 2.75) is 144 Å². The van der Waals surface area contributed by atoms with Crippen molar-refractivity contribution in [1.82, 2.24) is 0 Å². The van der Waals surface area contributed by atoms with Gasteiger partial charge in [0.2, 0.25) is 0 Å². The smallest absolute Gasteiger partial charge is 0.303 e. The van der Waals surface area contributed by atoms with Crippen LogP contribution in [0.3, 0.4) is 0 Å². The van der Waals surface area contributed by atoms with Crippen molar-refractivity contribution in [2.75, 3.05) is 13.2 Å². The van der Waals surface area contributed by atoms with Crippen molar-refractivity contribution in [1.29, 1.82) is 0 Å². The number of rotatable bonds is 19. The lowest BCUT2D eigenvalue weighted by molar-refractivity contribution is -0.281. The zero-order valence-electron chi connectivity index (χ0n) is 25.9. The van der Waals surface area contributed by atoms with Crippen LogP contribution < -0.4 is 0 Å². The number of carbonyl (C=O) groups is 3. The Morgan fingerprint density at radius 3 is 1.54 bits per heavy atom. The summed E-state index contributed by atoms with van der Waals surface area (Å²) in [5.74, 6) is 1.19. The zero-order valence-corrected chi connectivity index (χ0v) is 25.9. The van der Waals surface area contributed by atoms with Crippen LogP contribution in [-0.4, -0.2) is 55.7 Å². The molecule has 1 aliphatic heterocycles. The SMILES string of the molecule is CC(=O)O[C@@H]1[C@@H](OC(C)=O)[C@H](OCCC(C)CCCC(C)CCCC(C)CCCC(C)C)OC[C@H]1OC(C)=O. The van der Waals surface area contributed by atoms with Crippen LogP contribution in [0.15, 0.2) is 0 Å². The van der Waals surface area contributed by atoms with Crippen molar-refractivity contribution < 1.29 is 38.1 Å². The molecule has 0 aromatic heterocycles. The van der Waals surface area contributed by atoms with Gasteiger partial charge >= 0.3 is 17.9 Å². The first kappa shape index (κ1) is 35.4. The molecule has 8 nitrogen and oxygen atoms in total. The van der Waals surface area contributed by atoms with Crippen LogP contribution in [0.5, 0.6) is 0 Å². The normalized spacial score (nSPS) is 23.6. The van der Waals surface area contributed by atoms with Crippen LogP contribution in [-0.2, 0) is 38.1 Å². The summed E-state index contributed by atoms with van der Waals surface area (Å²) in [5.41, 5.74) is 0. The number of hydrogen-bond donors (Lipinski definition) is 0. The van der Waals surface area contributed by atoms with E-state index in [1.807, 2.05) is 0 Å². The van der Waals surface area contributed by atoms with E-state index < -0.39 is 42.5 Å². The number of hydrogen-bond acceptors (Lipinski definition) is 8. The Morgan fingerprint density at radius 1 is 0.641 bits per heavy atom. The van der Waals surface area contributed by atoms with Gasteiger partial charge in [-0.25, -0.2) is 0 Å². The van der Waals surface area contributed by atoms with E-state index in [0.29, 0.717) is 12.5 Å². The number of ether oxygens (including phenoxy) is 5. The summed E-state index contributed by atoms with van der Waals surface area (Å²) >= 11 is 0. The van der Waals surface area contributed by atoms with Crippen LogP contribution in [0.1, 0.15) is 120 Å². The summed E-state index contributed by atoms with van der Waals surface area (Å²) in [7, 11) is 0. The lowest BCUT2D eigenvalue weighted by Crippen LogP contribution is -2.58. The standard InChI is InChI=1S/C31H56O8/c1-21(2)12-9-13-22(3)14-10-15-23(4)16-11-17-24(5)18-19-35-31-30(39-27(8)34)29(38-26(7)33)28(20-36-31)37-25(6)32/h21-24,28-31H,9-20H2,1-8H3/t22?,23?,24?,28-,29+,30-,31-/m1/s1. The third-order valence-electron chi connectivity index (χ3n) is 7.46. The van der Waals surface area contributed by atoms with Crippen molar-refractivity contribution >= 4 is 17.9 Å². The summed E-state index contributed by atoms with van der Waals surface area (Å²) < 4.78 is 27.7. The maximum absolute atomic E-state index is 11.8. The average Bonchev–Trinajstić information content (AvgIpc) is 2.81. The molecule has 1 aliphatic rings. The van der Waals surface area contributed by atoms with E-state index in [9.17, 15) is 14.4 Å². The molecule has 1 saturated heterocycles. The summed E-state index contributed by atoms with van der Waals surface area (Å²) in [6, 6.07) is 0. The van der Waals surface area contributed by atoms with Crippen LogP contribution >= 0.6 is 0 Å². The van der Waals surface area contributed by atoms with E-state index in [1.54, 1.807) is 0 Å². The van der Waals surface area contributed by atoms with Gasteiger partial charge in [0, 0.05) is 20.8 Å². The third kappa shape index (κ3) is 16.3. The highest BCUT2D eigenvalue weighted by Crippen LogP contribution is 2.26. The number of esters is 3. The van der Waals surface area contributed by atoms with Crippen LogP contribution in [0.4, 0.5) is 0 Å². The second-order valence-corrected chi connectivity index (χ2v) is 12.2. The summed E-state index contributed by atoms with van der Waals surface area (Å²) in [4.78, 5) is 35.0. The second-order valence-electron chi connectivity index (χ2n) is 12.2. The Bertz CT molecular complexity index is 709. The summed E-state index contributed by atoms with van der Waals surface area (Å²) in [6.45, 7) is 15.8. The maximum Gasteiger partial charge on any atom is 0.303 e. The minimum absolute atomic E-state index is 0.0237. The molecule has 7 atom stereocenters. The predicted octanol–water partition coefficient (Wildman–Crippen LogP) is 6.62. The Balaban J connectivity index is 2.39. The van der Waals surface area contributed by atoms with Gasteiger partial charge in [-0.1, -0.05) is 92.4 Å². The molecule has 0 radical (unpaired) electrons.